The number of ether oxygens (including phenoxy) is 6. The predicted molar refractivity (Wildman–Crippen MR) is 275 cm³/mol. The van der Waals surface area contributed by atoms with Crippen LogP contribution in [-0.4, -0.2) is 107 Å². The molecule has 18 heteroatoms. The maximum atomic E-state index is 11.6. The van der Waals surface area contributed by atoms with Gasteiger partial charge in [0.1, 0.15) is 35.5 Å². The Bertz CT molecular complexity index is 2040. The lowest BCUT2D eigenvalue weighted by molar-refractivity contribution is -0.146. The maximum Gasteiger partial charge on any atom is 0.317 e. The van der Waals surface area contributed by atoms with Gasteiger partial charge in [0.2, 0.25) is 0 Å². The van der Waals surface area contributed by atoms with Crippen LogP contribution in [0, 0.1) is 47.3 Å². The zero-order valence-corrected chi connectivity index (χ0v) is 44.9. The van der Waals surface area contributed by atoms with Gasteiger partial charge >= 0.3 is 35.8 Å². The number of allylic oxidation sites excluding steroid dienone is 6. The zero-order valence-electron chi connectivity index (χ0n) is 44.9. The molecule has 6 fully saturated rings. The number of esters is 6. The van der Waals surface area contributed by atoms with Crippen molar-refractivity contribution in [1.29, 1.82) is 0 Å². The number of carbonyl (C=O) groups excluding carboxylic acids is 12. The first-order valence-electron chi connectivity index (χ1n) is 25.5. The first kappa shape index (κ1) is 66.3. The third-order valence-electron chi connectivity index (χ3n) is 12.3. The molecule has 75 heavy (non-hydrogen) atoms. The first-order valence-corrected chi connectivity index (χ1v) is 25.5. The average molecular weight is 1050 g/mol. The summed E-state index contributed by atoms with van der Waals surface area (Å²) in [5, 5.41) is 0. The van der Waals surface area contributed by atoms with Crippen LogP contribution in [-0.2, 0) is 86.0 Å². The minimum Gasteiger partial charge on any atom is -0.454 e. The quantitative estimate of drug-likeness (QED) is 0.0529. The van der Waals surface area contributed by atoms with Crippen molar-refractivity contribution in [3.63, 3.8) is 0 Å². The van der Waals surface area contributed by atoms with Crippen molar-refractivity contribution in [1.82, 2.24) is 0 Å². The van der Waals surface area contributed by atoms with E-state index in [1.54, 1.807) is 43.4 Å². The van der Waals surface area contributed by atoms with E-state index in [0.717, 1.165) is 12.8 Å². The van der Waals surface area contributed by atoms with Gasteiger partial charge in [0, 0.05) is 0 Å². The Morgan fingerprint density at radius 1 is 0.360 bits per heavy atom. The molecule has 0 saturated carbocycles. The fourth-order valence-corrected chi connectivity index (χ4v) is 8.15. The third kappa shape index (κ3) is 18.9. The van der Waals surface area contributed by atoms with Crippen molar-refractivity contribution in [2.75, 3.05) is 0 Å². The highest BCUT2D eigenvalue weighted by Gasteiger charge is 2.46. The van der Waals surface area contributed by atoms with Gasteiger partial charge in [0.15, 0.2) is 71.3 Å². The number of cyclic esters (lactones) is 6. The van der Waals surface area contributed by atoms with Gasteiger partial charge in [-0.25, -0.2) is 0 Å². The maximum absolute atomic E-state index is 11.6. The van der Waals surface area contributed by atoms with Gasteiger partial charge in [0.25, 0.3) is 0 Å². The molecule has 6 rings (SSSR count). The third-order valence-corrected chi connectivity index (χ3v) is 12.3. The summed E-state index contributed by atoms with van der Waals surface area (Å²) >= 11 is 0. The molecule has 0 radical (unpaired) electrons. The van der Waals surface area contributed by atoms with Crippen molar-refractivity contribution in [2.45, 2.75) is 163 Å². The van der Waals surface area contributed by atoms with E-state index in [4.69, 9.17) is 28.4 Å². The Kier molecular flexibility index (Phi) is 29.4. The summed E-state index contributed by atoms with van der Waals surface area (Å²) in [4.78, 5) is 135. The van der Waals surface area contributed by atoms with Crippen LogP contribution in [0.2, 0.25) is 0 Å². The highest BCUT2D eigenvalue weighted by molar-refractivity contribution is 6.09. The fraction of sp³-hybridized carbons (Fsp3) is 0.579. The van der Waals surface area contributed by atoms with E-state index >= 15 is 0 Å². The highest BCUT2D eigenvalue weighted by atomic mass is 16.6. The van der Waals surface area contributed by atoms with Gasteiger partial charge in [-0.05, 0) is 76.5 Å². The summed E-state index contributed by atoms with van der Waals surface area (Å²) in [6.45, 7) is 35.8. The molecule has 18 nitrogen and oxygen atoms in total. The number of carbonyl (C=O) groups is 12. The van der Waals surface area contributed by atoms with Crippen LogP contribution < -0.4 is 0 Å². The Morgan fingerprint density at radius 3 is 0.813 bits per heavy atom. The minimum atomic E-state index is -0.607. The number of Topliss-reactive ketones (excluding diaryl/α,β-unsaturated/α-hetero) is 6. The first-order chi connectivity index (χ1) is 35.4. The van der Waals surface area contributed by atoms with Crippen LogP contribution in [0.1, 0.15) is 126 Å². The molecule has 12 atom stereocenters. The van der Waals surface area contributed by atoms with E-state index in [-0.39, 0.29) is 58.5 Å². The van der Waals surface area contributed by atoms with E-state index in [2.05, 4.69) is 39.5 Å². The molecule has 0 unspecified atom stereocenters. The summed E-state index contributed by atoms with van der Waals surface area (Å²) in [6.07, 6.45) is 12.2. The van der Waals surface area contributed by atoms with Gasteiger partial charge in [-0.15, -0.1) is 39.5 Å². The van der Waals surface area contributed by atoms with Crippen molar-refractivity contribution in [3.8, 4) is 0 Å². The van der Waals surface area contributed by atoms with Crippen molar-refractivity contribution >= 4 is 70.5 Å². The molecule has 6 heterocycles. The Morgan fingerprint density at radius 2 is 0.600 bits per heavy atom. The largest absolute Gasteiger partial charge is 0.454 e. The molecule has 6 saturated heterocycles. The van der Waals surface area contributed by atoms with Crippen LogP contribution in [0.4, 0.5) is 0 Å². The van der Waals surface area contributed by atoms with Gasteiger partial charge in [-0.2, -0.15) is 0 Å². The van der Waals surface area contributed by atoms with Crippen LogP contribution >= 0.6 is 0 Å². The Labute approximate surface area is 441 Å². The van der Waals surface area contributed by atoms with Crippen molar-refractivity contribution < 1.29 is 86.0 Å². The number of hydrogen-bond acceptors (Lipinski definition) is 18. The lowest BCUT2D eigenvalue weighted by Gasteiger charge is -2.10. The second kappa shape index (κ2) is 33.3. The molecule has 0 N–H and O–H groups in total. The van der Waals surface area contributed by atoms with Crippen LogP contribution in [0.15, 0.2) is 75.9 Å². The lowest BCUT2D eigenvalue weighted by Crippen LogP contribution is -2.25. The fourth-order valence-electron chi connectivity index (χ4n) is 8.15. The normalized spacial score (nSPS) is 28.2. The smallest absolute Gasteiger partial charge is 0.317 e. The summed E-state index contributed by atoms with van der Waals surface area (Å²) < 4.78 is 29.4. The molecule has 0 aliphatic carbocycles. The average Bonchev–Trinajstić information content (AvgIpc) is 4.13. The summed E-state index contributed by atoms with van der Waals surface area (Å²) in [6, 6.07) is 0. The standard InChI is InChI=1S/4C10H14O3.C9H12O3.C8H10O3/c2*1-4-5-7-8(11)9(6(2)3)13-10(7)12;2*1-3-5-7-9(11)8(6-4-2)13-10(7)12;1-3-5-6-8(10)7(4-2)12-9(6)11;1-3-4-6-7(9)5(2)11-8(6)10/h2*4,6-7,9H,1,5H2,2-3H3;2*3,7-8H,1,4-6H2,2H3;3,6-7H,1,4-5H2,2H3;3,5-6H,1,4H2,2H3/t7-,9+;7-,9-;7-,8+;7-,8-;6-,7+;5-,6+/m111110/s1. The second-order valence-electron chi connectivity index (χ2n) is 18.9. The number of hydrogen-bond donors (Lipinski definition) is 0. The summed E-state index contributed by atoms with van der Waals surface area (Å²) in [5.41, 5.74) is 0. The second-order valence-corrected chi connectivity index (χ2v) is 18.9. The van der Waals surface area contributed by atoms with E-state index in [1.807, 2.05) is 48.5 Å². The van der Waals surface area contributed by atoms with Crippen LogP contribution in [0.25, 0.3) is 0 Å². The van der Waals surface area contributed by atoms with E-state index < -0.39 is 96.0 Å². The predicted octanol–water partition coefficient (Wildman–Crippen LogP) is 7.38. The highest BCUT2D eigenvalue weighted by Crippen LogP contribution is 2.28. The number of ketones is 6. The molecular weight excluding hydrogens is 973 g/mol. The van der Waals surface area contributed by atoms with Gasteiger partial charge < -0.3 is 28.4 Å². The molecule has 0 amide bonds. The van der Waals surface area contributed by atoms with Crippen LogP contribution in [0.3, 0.4) is 0 Å². The molecule has 0 aromatic heterocycles. The molecule has 6 aliphatic rings. The minimum absolute atomic E-state index is 0.0614. The molecule has 0 aromatic rings. The van der Waals surface area contributed by atoms with Gasteiger partial charge in [0.05, 0.1) is 0 Å². The molecule has 0 aromatic carbocycles. The van der Waals surface area contributed by atoms with Crippen LogP contribution in [0.5, 0.6) is 0 Å². The molecule has 0 bridgehead atoms. The van der Waals surface area contributed by atoms with Crippen molar-refractivity contribution in [2.24, 2.45) is 47.3 Å². The van der Waals surface area contributed by atoms with Gasteiger partial charge in [-0.1, -0.05) is 97.8 Å². The Hall–Kier alpha value is -6.72. The number of rotatable bonds is 19. The molecule has 6 aliphatic heterocycles. The summed E-state index contributed by atoms with van der Waals surface area (Å²) in [5.74, 6) is -6.41. The van der Waals surface area contributed by atoms with Crippen molar-refractivity contribution in [3.05, 3.63) is 75.9 Å². The Balaban J connectivity index is 0.000000450. The SMILES string of the molecule is C=CC[C@H]1C(=O)O[C@@H](C(C)C)C1=O.C=CC[C@H]1C(=O)O[C@@H](C)C1=O.C=CC[C@H]1C(=O)O[C@@H](CC)C1=O.C=CC[C@H]1C(=O)O[C@@H](CCC)C1=O.C=CC[C@H]1C(=O)O[C@H](C(C)C)C1=O.C=CC[C@H]1C(=O)O[C@H](CCC)C1=O. The van der Waals surface area contributed by atoms with Gasteiger partial charge in [-0.3, -0.25) is 57.5 Å². The molecule has 414 valence electrons. The summed E-state index contributed by atoms with van der Waals surface area (Å²) in [7, 11) is 0. The molecular formula is C57H78O18. The van der Waals surface area contributed by atoms with E-state index in [1.165, 1.54) is 0 Å². The monoisotopic (exact) mass is 1050 g/mol. The van der Waals surface area contributed by atoms with E-state index in [9.17, 15) is 57.5 Å². The van der Waals surface area contributed by atoms with E-state index in [0.29, 0.717) is 57.8 Å². The lowest BCUT2D eigenvalue weighted by atomic mass is 9.94. The zero-order chi connectivity index (χ0) is 57.3. The topological polar surface area (TPSA) is 260 Å². The molecule has 0 spiro atoms.